The van der Waals surface area contributed by atoms with Gasteiger partial charge in [-0.3, -0.25) is 19.6 Å². The van der Waals surface area contributed by atoms with E-state index in [-0.39, 0.29) is 11.6 Å². The van der Waals surface area contributed by atoms with Gasteiger partial charge in [-0.25, -0.2) is 9.13 Å². The lowest BCUT2D eigenvalue weighted by Gasteiger charge is -2.12. The van der Waals surface area contributed by atoms with E-state index in [0.29, 0.717) is 42.2 Å². The van der Waals surface area contributed by atoms with Gasteiger partial charge in [-0.2, -0.15) is 0 Å². The Hall–Kier alpha value is -3.19. The average Bonchev–Trinajstić information content (AvgIpc) is 2.97. The van der Waals surface area contributed by atoms with Crippen molar-refractivity contribution >= 4 is 11.6 Å². The molecule has 0 unspecified atom stereocenters. The molecule has 7 nitrogen and oxygen atoms in total. The third-order valence-electron chi connectivity index (χ3n) is 4.85. The van der Waals surface area contributed by atoms with E-state index in [9.17, 15) is 9.59 Å². The number of fused-ring (bicyclic) bond motifs is 2. The van der Waals surface area contributed by atoms with E-state index in [4.69, 9.17) is 4.74 Å². The molecule has 1 aliphatic carbocycles. The summed E-state index contributed by atoms with van der Waals surface area (Å²) in [5.41, 5.74) is 2.41. The van der Waals surface area contributed by atoms with Gasteiger partial charge in [-0.15, -0.1) is 0 Å². The van der Waals surface area contributed by atoms with E-state index in [0.717, 1.165) is 11.5 Å². The normalized spacial score (nSPS) is 12.8. The van der Waals surface area contributed by atoms with Gasteiger partial charge in [0, 0.05) is 37.6 Å². The van der Waals surface area contributed by atoms with Crippen molar-refractivity contribution < 1.29 is 18.9 Å². The maximum Gasteiger partial charge on any atom is 0.254 e. The van der Waals surface area contributed by atoms with Crippen LogP contribution >= 0.6 is 0 Å². The summed E-state index contributed by atoms with van der Waals surface area (Å²) in [5, 5.41) is 0. The maximum absolute atomic E-state index is 13.3. The highest BCUT2D eigenvalue weighted by atomic mass is 16.5. The van der Waals surface area contributed by atoms with Crippen molar-refractivity contribution in [3.63, 3.8) is 0 Å². The molecular formula is C20H19N4O3+. The molecule has 0 bridgehead atoms. The fourth-order valence-electron chi connectivity index (χ4n) is 3.54. The summed E-state index contributed by atoms with van der Waals surface area (Å²) in [6.45, 7) is 3.19. The zero-order valence-corrected chi connectivity index (χ0v) is 15.2. The van der Waals surface area contributed by atoms with Crippen molar-refractivity contribution in [2.24, 2.45) is 0 Å². The summed E-state index contributed by atoms with van der Waals surface area (Å²) in [5.74, 6) is 0.512. The Kier molecular flexibility index (Phi) is 4.37. The first-order valence-corrected chi connectivity index (χ1v) is 8.68. The number of methoxy groups -OCH3 is 1. The van der Waals surface area contributed by atoms with Gasteiger partial charge >= 0.3 is 0 Å². The molecule has 2 heterocycles. The fourth-order valence-corrected chi connectivity index (χ4v) is 3.54. The summed E-state index contributed by atoms with van der Waals surface area (Å²) >= 11 is 0. The van der Waals surface area contributed by atoms with E-state index in [1.165, 1.54) is 0 Å². The van der Waals surface area contributed by atoms with Gasteiger partial charge in [0.25, 0.3) is 5.82 Å². The highest BCUT2D eigenvalue weighted by Crippen LogP contribution is 2.27. The number of carbonyl (C=O) groups is 2. The summed E-state index contributed by atoms with van der Waals surface area (Å²) < 4.78 is 8.92. The molecule has 0 saturated carbocycles. The van der Waals surface area contributed by atoms with Crippen LogP contribution in [0.25, 0.3) is 0 Å². The van der Waals surface area contributed by atoms with Crippen molar-refractivity contribution in [3.05, 3.63) is 76.9 Å². The van der Waals surface area contributed by atoms with Gasteiger partial charge in [0.15, 0.2) is 0 Å². The summed E-state index contributed by atoms with van der Waals surface area (Å²) in [6.07, 6.45) is 4.88. The molecule has 0 amide bonds. The standard InChI is InChI=1S/C20H19N4O3/c1-13-23(9-10-27-2)17-18(24(13)12-14-11-21-7-8-22-14)20(26)16-6-4-3-5-15(16)19(17)25/h3-8,11H,9-10,12H2,1-2H3/q+1. The molecule has 0 saturated heterocycles. The molecule has 0 spiro atoms. The number of rotatable bonds is 5. The smallest absolute Gasteiger partial charge is 0.254 e. The Morgan fingerprint density at radius 2 is 1.85 bits per heavy atom. The Morgan fingerprint density at radius 1 is 1.11 bits per heavy atom. The van der Waals surface area contributed by atoms with Crippen LogP contribution in [0.1, 0.15) is 43.6 Å². The summed E-state index contributed by atoms with van der Waals surface area (Å²) in [7, 11) is 1.61. The van der Waals surface area contributed by atoms with Crippen LogP contribution in [-0.4, -0.2) is 39.8 Å². The zero-order valence-electron chi connectivity index (χ0n) is 15.2. The largest absolute Gasteiger partial charge is 0.381 e. The van der Waals surface area contributed by atoms with Gasteiger partial charge in [-0.1, -0.05) is 24.3 Å². The third kappa shape index (κ3) is 2.76. The van der Waals surface area contributed by atoms with Crippen molar-refractivity contribution in [1.82, 2.24) is 14.5 Å². The van der Waals surface area contributed by atoms with Crippen LogP contribution in [0.3, 0.4) is 0 Å². The zero-order chi connectivity index (χ0) is 19.0. The first kappa shape index (κ1) is 17.2. The number of imidazole rings is 1. The fraction of sp³-hybridized carbons (Fsp3) is 0.250. The van der Waals surface area contributed by atoms with Crippen LogP contribution in [0.5, 0.6) is 0 Å². The Morgan fingerprint density at radius 3 is 2.52 bits per heavy atom. The second kappa shape index (κ2) is 6.85. The van der Waals surface area contributed by atoms with Crippen LogP contribution in [0.4, 0.5) is 0 Å². The monoisotopic (exact) mass is 363 g/mol. The van der Waals surface area contributed by atoms with E-state index < -0.39 is 0 Å². The molecule has 0 radical (unpaired) electrons. The van der Waals surface area contributed by atoms with Crippen molar-refractivity contribution in [2.75, 3.05) is 13.7 Å². The molecule has 4 rings (SSSR count). The molecule has 27 heavy (non-hydrogen) atoms. The lowest BCUT2D eigenvalue weighted by Crippen LogP contribution is -2.43. The topological polar surface area (TPSA) is 78.0 Å². The quantitative estimate of drug-likeness (QED) is 0.500. The summed E-state index contributed by atoms with van der Waals surface area (Å²) in [6, 6.07) is 6.95. The SMILES string of the molecule is COCCn1c2c([n+](Cc3cnccn3)c1C)C(=O)c1ccccc1C2=O. The lowest BCUT2D eigenvalue weighted by atomic mass is 9.90. The lowest BCUT2D eigenvalue weighted by molar-refractivity contribution is -0.696. The van der Waals surface area contributed by atoms with Gasteiger partial charge < -0.3 is 4.74 Å². The predicted molar refractivity (Wildman–Crippen MR) is 95.7 cm³/mol. The van der Waals surface area contributed by atoms with Gasteiger partial charge in [0.2, 0.25) is 23.0 Å². The number of aromatic nitrogens is 4. The predicted octanol–water partition coefficient (Wildman–Crippen LogP) is 1.34. The molecule has 3 aromatic rings. The minimum atomic E-state index is -0.150. The number of ketones is 2. The second-order valence-electron chi connectivity index (χ2n) is 6.38. The molecule has 2 aromatic heterocycles. The highest BCUT2D eigenvalue weighted by Gasteiger charge is 2.42. The van der Waals surface area contributed by atoms with Crippen LogP contribution in [0.2, 0.25) is 0 Å². The molecule has 136 valence electrons. The molecule has 1 aliphatic rings. The number of carbonyl (C=O) groups excluding carboxylic acids is 2. The highest BCUT2D eigenvalue weighted by molar-refractivity contribution is 6.26. The van der Waals surface area contributed by atoms with Crippen LogP contribution in [0.15, 0.2) is 42.9 Å². The van der Waals surface area contributed by atoms with Crippen LogP contribution < -0.4 is 4.57 Å². The maximum atomic E-state index is 13.3. The second-order valence-corrected chi connectivity index (χ2v) is 6.38. The number of benzene rings is 1. The van der Waals surface area contributed by atoms with Gasteiger partial charge in [-0.05, 0) is 0 Å². The van der Waals surface area contributed by atoms with Crippen molar-refractivity contribution in [2.45, 2.75) is 20.0 Å². The molecule has 7 heteroatoms. The van der Waals surface area contributed by atoms with Crippen LogP contribution in [-0.2, 0) is 17.8 Å². The molecule has 0 fully saturated rings. The molecular weight excluding hydrogens is 344 g/mol. The molecule has 0 N–H and O–H groups in total. The van der Waals surface area contributed by atoms with Gasteiger partial charge in [0.05, 0.1) is 12.8 Å². The third-order valence-corrected chi connectivity index (χ3v) is 4.85. The molecule has 1 aromatic carbocycles. The number of hydrogen-bond donors (Lipinski definition) is 0. The number of nitrogens with zero attached hydrogens (tertiary/aromatic N) is 4. The summed E-state index contributed by atoms with van der Waals surface area (Å²) in [4.78, 5) is 34.9. The van der Waals surface area contributed by atoms with E-state index in [2.05, 4.69) is 9.97 Å². The average molecular weight is 363 g/mol. The molecule has 0 atom stereocenters. The Labute approximate surface area is 156 Å². The Bertz CT molecular complexity index is 1040. The number of ether oxygens (including phenoxy) is 1. The van der Waals surface area contributed by atoms with E-state index in [1.54, 1.807) is 50.0 Å². The minimum absolute atomic E-state index is 0.141. The minimum Gasteiger partial charge on any atom is -0.381 e. The number of hydrogen-bond acceptors (Lipinski definition) is 5. The van der Waals surface area contributed by atoms with Crippen molar-refractivity contribution in [1.29, 1.82) is 0 Å². The Balaban J connectivity index is 1.92. The van der Waals surface area contributed by atoms with Gasteiger partial charge in [0.1, 0.15) is 18.8 Å². The van der Waals surface area contributed by atoms with E-state index >= 15 is 0 Å². The van der Waals surface area contributed by atoms with Crippen LogP contribution in [0, 0.1) is 6.92 Å². The first-order chi connectivity index (χ1) is 13.1. The van der Waals surface area contributed by atoms with E-state index in [1.807, 2.05) is 16.1 Å². The molecule has 0 aliphatic heterocycles. The van der Waals surface area contributed by atoms with Crippen molar-refractivity contribution in [3.8, 4) is 0 Å². The first-order valence-electron chi connectivity index (χ1n) is 8.68.